The number of thioether (sulfide) groups is 1. The summed E-state index contributed by atoms with van der Waals surface area (Å²) in [6, 6.07) is 11.9. The van der Waals surface area contributed by atoms with E-state index in [1.165, 1.54) is 5.56 Å². The van der Waals surface area contributed by atoms with Gasteiger partial charge in [0, 0.05) is 11.1 Å². The van der Waals surface area contributed by atoms with E-state index in [2.05, 4.69) is 22.4 Å². The average Bonchev–Trinajstić information content (AvgIpc) is 2.44. The molecule has 1 N–H and O–H groups in total. The molecular formula is C16H18N2OS. The van der Waals surface area contributed by atoms with Crippen LogP contribution in [-0.4, -0.2) is 16.1 Å². The van der Waals surface area contributed by atoms with Crippen LogP contribution in [0.3, 0.4) is 0 Å². The zero-order valence-corrected chi connectivity index (χ0v) is 12.7. The molecule has 0 bridgehead atoms. The molecule has 0 saturated heterocycles. The highest BCUT2D eigenvalue weighted by Gasteiger charge is 2.14. The van der Waals surface area contributed by atoms with Crippen molar-refractivity contribution in [2.45, 2.75) is 30.9 Å². The molecule has 1 amide bonds. The quantitative estimate of drug-likeness (QED) is 0.869. The van der Waals surface area contributed by atoms with Crippen LogP contribution >= 0.6 is 11.8 Å². The van der Waals surface area contributed by atoms with Crippen LogP contribution in [0, 0.1) is 13.8 Å². The number of hydrogen-bond donors (Lipinski definition) is 1. The molecule has 1 aromatic heterocycles. The van der Waals surface area contributed by atoms with Gasteiger partial charge in [0.2, 0.25) is 5.91 Å². The summed E-state index contributed by atoms with van der Waals surface area (Å²) in [4.78, 5) is 17.4. The second kappa shape index (κ2) is 6.57. The molecule has 1 heterocycles. The molecular weight excluding hydrogens is 268 g/mol. The number of carbonyl (C=O) groups is 1. The second-order valence-corrected chi connectivity index (χ2v) is 6.20. The van der Waals surface area contributed by atoms with E-state index in [9.17, 15) is 4.79 Å². The van der Waals surface area contributed by atoms with Crippen molar-refractivity contribution in [3.05, 3.63) is 53.7 Å². The van der Waals surface area contributed by atoms with Gasteiger partial charge in [0.15, 0.2) is 0 Å². The Morgan fingerprint density at radius 1 is 1.10 bits per heavy atom. The number of rotatable bonds is 4. The van der Waals surface area contributed by atoms with Crippen molar-refractivity contribution in [1.82, 2.24) is 4.98 Å². The lowest BCUT2D eigenvalue weighted by Crippen LogP contribution is -2.22. The van der Waals surface area contributed by atoms with Gasteiger partial charge >= 0.3 is 0 Å². The van der Waals surface area contributed by atoms with Crippen LogP contribution in [0.15, 0.2) is 47.5 Å². The summed E-state index contributed by atoms with van der Waals surface area (Å²) in [5.41, 5.74) is 2.29. The molecule has 0 aliphatic heterocycles. The summed E-state index contributed by atoms with van der Waals surface area (Å²) in [5, 5.41) is 2.66. The van der Waals surface area contributed by atoms with E-state index in [-0.39, 0.29) is 11.2 Å². The largest absolute Gasteiger partial charge is 0.310 e. The number of anilines is 1. The molecule has 0 aliphatic rings. The van der Waals surface area contributed by atoms with Gasteiger partial charge in [-0.3, -0.25) is 4.79 Å². The van der Waals surface area contributed by atoms with E-state index >= 15 is 0 Å². The van der Waals surface area contributed by atoms with E-state index in [4.69, 9.17) is 0 Å². The molecule has 0 fully saturated rings. The summed E-state index contributed by atoms with van der Waals surface area (Å²) in [7, 11) is 0. The minimum atomic E-state index is -0.166. The van der Waals surface area contributed by atoms with Gasteiger partial charge in [-0.1, -0.05) is 23.8 Å². The van der Waals surface area contributed by atoms with Crippen molar-refractivity contribution in [1.29, 1.82) is 0 Å². The normalized spacial score (nSPS) is 11.9. The summed E-state index contributed by atoms with van der Waals surface area (Å²) in [6.07, 6.45) is 1.74. The Kier molecular flexibility index (Phi) is 4.79. The first-order chi connectivity index (χ1) is 9.54. The van der Waals surface area contributed by atoms with Crippen LogP contribution < -0.4 is 5.32 Å². The molecule has 104 valence electrons. The maximum absolute atomic E-state index is 12.1. The zero-order chi connectivity index (χ0) is 14.5. The molecule has 2 rings (SSSR count). The molecule has 0 aliphatic carbocycles. The molecule has 2 aromatic rings. The number of benzene rings is 1. The first-order valence-corrected chi connectivity index (χ1v) is 7.39. The van der Waals surface area contributed by atoms with E-state index in [0.717, 1.165) is 10.5 Å². The first kappa shape index (κ1) is 14.6. The molecule has 4 heteroatoms. The Balaban J connectivity index is 1.94. The molecule has 0 saturated carbocycles. The monoisotopic (exact) mass is 286 g/mol. The summed E-state index contributed by atoms with van der Waals surface area (Å²) in [6.45, 7) is 5.91. The molecule has 1 atom stereocenters. The van der Waals surface area contributed by atoms with Crippen LogP contribution in [-0.2, 0) is 4.79 Å². The van der Waals surface area contributed by atoms with Gasteiger partial charge in [0.25, 0.3) is 0 Å². The van der Waals surface area contributed by atoms with Gasteiger partial charge in [0.05, 0.1) is 5.25 Å². The minimum Gasteiger partial charge on any atom is -0.310 e. The van der Waals surface area contributed by atoms with Gasteiger partial charge in [-0.15, -0.1) is 11.8 Å². The fourth-order valence-corrected chi connectivity index (χ4v) is 2.51. The maximum Gasteiger partial charge on any atom is 0.238 e. The summed E-state index contributed by atoms with van der Waals surface area (Å²) >= 11 is 1.54. The topological polar surface area (TPSA) is 42.0 Å². The zero-order valence-electron chi connectivity index (χ0n) is 11.9. The van der Waals surface area contributed by atoms with Crippen LogP contribution in [0.25, 0.3) is 0 Å². The van der Waals surface area contributed by atoms with Crippen molar-refractivity contribution >= 4 is 23.5 Å². The Hall–Kier alpha value is -1.81. The van der Waals surface area contributed by atoms with E-state index in [1.54, 1.807) is 18.0 Å². The first-order valence-electron chi connectivity index (χ1n) is 6.51. The molecule has 3 nitrogen and oxygen atoms in total. The third-order valence-electron chi connectivity index (χ3n) is 2.87. The van der Waals surface area contributed by atoms with Gasteiger partial charge in [-0.05, 0) is 44.5 Å². The van der Waals surface area contributed by atoms with E-state index < -0.39 is 0 Å². The maximum atomic E-state index is 12.1. The Morgan fingerprint density at radius 3 is 2.35 bits per heavy atom. The van der Waals surface area contributed by atoms with Crippen LogP contribution in [0.2, 0.25) is 0 Å². The van der Waals surface area contributed by atoms with Crippen LogP contribution in [0.5, 0.6) is 0 Å². The van der Waals surface area contributed by atoms with E-state index in [1.807, 2.05) is 45.0 Å². The Labute approximate surface area is 123 Å². The van der Waals surface area contributed by atoms with Crippen molar-refractivity contribution in [3.8, 4) is 0 Å². The molecule has 0 spiro atoms. The fraction of sp³-hybridized carbons (Fsp3) is 0.250. The van der Waals surface area contributed by atoms with Crippen LogP contribution in [0.1, 0.15) is 18.1 Å². The van der Waals surface area contributed by atoms with Gasteiger partial charge in [-0.2, -0.15) is 0 Å². The highest BCUT2D eigenvalue weighted by Crippen LogP contribution is 2.24. The summed E-state index contributed by atoms with van der Waals surface area (Å²) in [5.74, 6) is 0.559. The van der Waals surface area contributed by atoms with Crippen molar-refractivity contribution < 1.29 is 4.79 Å². The van der Waals surface area contributed by atoms with Crippen molar-refractivity contribution in [2.75, 3.05) is 5.32 Å². The minimum absolute atomic E-state index is 0.0353. The average molecular weight is 286 g/mol. The smallest absolute Gasteiger partial charge is 0.238 e. The number of amides is 1. The predicted molar refractivity (Wildman–Crippen MR) is 84.1 cm³/mol. The molecule has 1 unspecified atom stereocenters. The number of pyridine rings is 1. The van der Waals surface area contributed by atoms with Gasteiger partial charge in [0.1, 0.15) is 5.82 Å². The SMILES string of the molecule is Cc1ccc(SC(C)C(=O)Nc2ccc(C)cn2)cc1. The predicted octanol–water partition coefficient (Wildman–Crippen LogP) is 3.82. The number of nitrogens with zero attached hydrogens (tertiary/aromatic N) is 1. The Bertz CT molecular complexity index is 578. The second-order valence-electron chi connectivity index (χ2n) is 4.78. The number of hydrogen-bond acceptors (Lipinski definition) is 3. The number of aryl methyl sites for hydroxylation is 2. The molecule has 0 radical (unpaired) electrons. The lowest BCUT2D eigenvalue weighted by molar-refractivity contribution is -0.115. The third-order valence-corrected chi connectivity index (χ3v) is 3.98. The molecule has 1 aromatic carbocycles. The number of nitrogens with one attached hydrogen (secondary N) is 1. The Morgan fingerprint density at radius 2 is 1.75 bits per heavy atom. The highest BCUT2D eigenvalue weighted by molar-refractivity contribution is 8.00. The molecule has 20 heavy (non-hydrogen) atoms. The fourth-order valence-electron chi connectivity index (χ4n) is 1.64. The lowest BCUT2D eigenvalue weighted by atomic mass is 10.2. The number of aromatic nitrogens is 1. The summed E-state index contributed by atoms with van der Waals surface area (Å²) < 4.78 is 0. The number of carbonyl (C=O) groups excluding carboxylic acids is 1. The van der Waals surface area contributed by atoms with Gasteiger partial charge < -0.3 is 5.32 Å². The van der Waals surface area contributed by atoms with Gasteiger partial charge in [-0.25, -0.2) is 4.98 Å². The van der Waals surface area contributed by atoms with Crippen molar-refractivity contribution in [3.63, 3.8) is 0 Å². The highest BCUT2D eigenvalue weighted by atomic mass is 32.2. The third kappa shape index (κ3) is 4.10. The lowest BCUT2D eigenvalue weighted by Gasteiger charge is -2.11. The standard InChI is InChI=1S/C16H18N2OS/c1-11-4-7-14(8-5-11)20-13(3)16(19)18-15-9-6-12(2)10-17-15/h4-10,13H,1-3H3,(H,17,18,19). The van der Waals surface area contributed by atoms with Crippen molar-refractivity contribution in [2.24, 2.45) is 0 Å². The van der Waals surface area contributed by atoms with Crippen LogP contribution in [0.4, 0.5) is 5.82 Å². The van der Waals surface area contributed by atoms with E-state index in [0.29, 0.717) is 5.82 Å².